The molecule has 0 radical (unpaired) electrons. The lowest BCUT2D eigenvalue weighted by Gasteiger charge is -2.20. The van der Waals surface area contributed by atoms with E-state index >= 15 is 0 Å². The third-order valence-corrected chi connectivity index (χ3v) is 1.93. The second kappa shape index (κ2) is 5.86. The van der Waals surface area contributed by atoms with Crippen LogP contribution in [0.25, 0.3) is 0 Å². The first-order valence-corrected chi connectivity index (χ1v) is 4.81. The molecule has 0 amide bonds. The Morgan fingerprint density at radius 1 is 1.54 bits per heavy atom. The average Bonchev–Trinajstić information content (AvgIpc) is 1.95. The molecule has 0 saturated heterocycles. The molecule has 0 N–H and O–H groups in total. The molecule has 0 unspecified atom stereocenters. The third kappa shape index (κ3) is 6.32. The topological polar surface area (TPSA) is 52.4 Å². The molecule has 0 aliphatic rings. The van der Waals surface area contributed by atoms with Gasteiger partial charge in [-0.25, -0.2) is 0 Å². The average molecular weight is 251 g/mol. The van der Waals surface area contributed by atoms with E-state index in [0.29, 0.717) is 6.61 Å². The molecule has 13 heavy (non-hydrogen) atoms. The zero-order valence-electron chi connectivity index (χ0n) is 7.00. The molecule has 0 aromatic rings. The van der Waals surface area contributed by atoms with Gasteiger partial charge in [0.15, 0.2) is 6.10 Å². The molecule has 1 atom stereocenters. The fourth-order valence-corrected chi connectivity index (χ4v) is 1.04. The molecule has 0 heterocycles. The molecular weight excluding hydrogens is 240 g/mol. The van der Waals surface area contributed by atoms with Gasteiger partial charge in [-0.1, -0.05) is 41.7 Å². The van der Waals surface area contributed by atoms with E-state index in [1.54, 1.807) is 0 Å². The largest absolute Gasteiger partial charge is 0.367 e. The van der Waals surface area contributed by atoms with Crippen LogP contribution in [0.4, 0.5) is 0 Å². The highest BCUT2D eigenvalue weighted by molar-refractivity contribution is 6.68. The van der Waals surface area contributed by atoms with Gasteiger partial charge in [-0.3, -0.25) is 10.1 Å². The summed E-state index contributed by atoms with van der Waals surface area (Å²) < 4.78 is 3.28. The smallest absolute Gasteiger partial charge is 0.233 e. The van der Waals surface area contributed by atoms with Crippen LogP contribution in [0.15, 0.2) is 0 Å². The molecule has 0 aliphatic carbocycles. The Morgan fingerprint density at radius 3 is 2.38 bits per heavy atom. The first kappa shape index (κ1) is 13.2. The van der Waals surface area contributed by atoms with Gasteiger partial charge in [-0.05, 0) is 6.42 Å². The van der Waals surface area contributed by atoms with Crippen molar-refractivity contribution >= 4 is 34.8 Å². The lowest BCUT2D eigenvalue weighted by atomic mass is 10.4. The zero-order valence-corrected chi connectivity index (χ0v) is 9.27. The number of ether oxygens (including phenoxy) is 1. The molecule has 0 saturated carbocycles. The first-order valence-electron chi connectivity index (χ1n) is 3.68. The fraction of sp³-hybridized carbons (Fsp3) is 1.00. The molecule has 0 fully saturated rings. The highest BCUT2D eigenvalue weighted by atomic mass is 35.6. The van der Waals surface area contributed by atoms with Crippen LogP contribution in [0.2, 0.25) is 0 Å². The predicted molar refractivity (Wildman–Crippen MR) is 52.2 cm³/mol. The molecule has 0 aromatic carbocycles. The summed E-state index contributed by atoms with van der Waals surface area (Å²) in [4.78, 5) is 9.60. The summed E-state index contributed by atoms with van der Waals surface area (Å²) in [5.41, 5.74) is 0. The standard InChI is InChI=1S/C6H10Cl3NO3/c1-2-3-13-5(4-10(11)12)6(7,8)9/h5H,2-4H2,1H3/t5-/m1/s1. The Kier molecular flexibility index (Phi) is 5.96. The lowest BCUT2D eigenvalue weighted by Crippen LogP contribution is -2.35. The van der Waals surface area contributed by atoms with E-state index in [9.17, 15) is 10.1 Å². The highest BCUT2D eigenvalue weighted by Crippen LogP contribution is 2.32. The number of hydrogen-bond acceptors (Lipinski definition) is 3. The van der Waals surface area contributed by atoms with Crippen molar-refractivity contribution in [2.24, 2.45) is 0 Å². The molecule has 0 rings (SSSR count). The van der Waals surface area contributed by atoms with Crippen molar-refractivity contribution in [1.29, 1.82) is 0 Å². The predicted octanol–water partition coefficient (Wildman–Crippen LogP) is 2.43. The maximum atomic E-state index is 10.2. The zero-order chi connectivity index (χ0) is 10.5. The summed E-state index contributed by atoms with van der Waals surface area (Å²) in [6, 6.07) is 0. The van der Waals surface area contributed by atoms with Crippen molar-refractivity contribution in [1.82, 2.24) is 0 Å². The Bertz CT molecular complexity index is 171. The van der Waals surface area contributed by atoms with Gasteiger partial charge < -0.3 is 4.74 Å². The van der Waals surface area contributed by atoms with Gasteiger partial charge in [0.05, 0.1) is 0 Å². The maximum Gasteiger partial charge on any atom is 0.233 e. The Hall–Kier alpha value is 0.230. The summed E-state index contributed by atoms with van der Waals surface area (Å²) >= 11 is 16.4. The van der Waals surface area contributed by atoms with E-state index in [4.69, 9.17) is 39.5 Å². The first-order chi connectivity index (χ1) is 5.88. The molecule has 0 aromatic heterocycles. The van der Waals surface area contributed by atoms with Crippen LogP contribution in [0, 0.1) is 10.1 Å². The Morgan fingerprint density at radius 2 is 2.08 bits per heavy atom. The van der Waals surface area contributed by atoms with E-state index in [2.05, 4.69) is 0 Å². The molecule has 7 heteroatoms. The van der Waals surface area contributed by atoms with Crippen molar-refractivity contribution in [2.45, 2.75) is 23.2 Å². The van der Waals surface area contributed by atoms with Crippen LogP contribution in [0.1, 0.15) is 13.3 Å². The van der Waals surface area contributed by atoms with Crippen molar-refractivity contribution < 1.29 is 9.66 Å². The SMILES string of the molecule is CCCO[C@H](C[N+](=O)[O-])C(Cl)(Cl)Cl. The van der Waals surface area contributed by atoms with Crippen molar-refractivity contribution in [3.8, 4) is 0 Å². The second-order valence-electron chi connectivity index (χ2n) is 2.42. The molecular formula is C6H10Cl3NO3. The quantitative estimate of drug-likeness (QED) is 0.428. The van der Waals surface area contributed by atoms with E-state index in [1.807, 2.05) is 6.92 Å². The van der Waals surface area contributed by atoms with Gasteiger partial charge >= 0.3 is 0 Å². The summed E-state index contributed by atoms with van der Waals surface area (Å²) in [5.74, 6) is 0. The van der Waals surface area contributed by atoms with Crippen LogP contribution in [-0.2, 0) is 4.74 Å². The molecule has 0 bridgehead atoms. The second-order valence-corrected chi connectivity index (χ2v) is 4.79. The van der Waals surface area contributed by atoms with Crippen molar-refractivity contribution in [3.63, 3.8) is 0 Å². The van der Waals surface area contributed by atoms with Gasteiger partial charge in [0.1, 0.15) is 0 Å². The Balaban J connectivity index is 4.11. The van der Waals surface area contributed by atoms with Gasteiger partial charge in [0.25, 0.3) is 0 Å². The molecule has 78 valence electrons. The van der Waals surface area contributed by atoms with Crippen LogP contribution in [0.3, 0.4) is 0 Å². The maximum absolute atomic E-state index is 10.2. The van der Waals surface area contributed by atoms with Gasteiger partial charge in [-0.2, -0.15) is 0 Å². The van der Waals surface area contributed by atoms with E-state index < -0.39 is 21.4 Å². The van der Waals surface area contributed by atoms with Crippen LogP contribution >= 0.6 is 34.8 Å². The third-order valence-electron chi connectivity index (χ3n) is 1.20. The van der Waals surface area contributed by atoms with Gasteiger partial charge in [-0.15, -0.1) is 0 Å². The van der Waals surface area contributed by atoms with Gasteiger partial charge in [0.2, 0.25) is 10.3 Å². The van der Waals surface area contributed by atoms with Crippen LogP contribution in [-0.4, -0.2) is 28.0 Å². The van der Waals surface area contributed by atoms with E-state index in [0.717, 1.165) is 6.42 Å². The van der Waals surface area contributed by atoms with Gasteiger partial charge in [0, 0.05) is 11.5 Å². The number of halogens is 3. The lowest BCUT2D eigenvalue weighted by molar-refractivity contribution is -0.491. The monoisotopic (exact) mass is 249 g/mol. The number of alkyl halides is 3. The van der Waals surface area contributed by atoms with Crippen molar-refractivity contribution in [2.75, 3.05) is 13.2 Å². The summed E-state index contributed by atoms with van der Waals surface area (Å²) in [6.45, 7) is 1.70. The molecule has 4 nitrogen and oxygen atoms in total. The number of nitrogens with zero attached hydrogens (tertiary/aromatic N) is 1. The fourth-order valence-electron chi connectivity index (χ4n) is 0.646. The van der Waals surface area contributed by atoms with Crippen LogP contribution < -0.4 is 0 Å². The Labute approximate surface area is 91.2 Å². The minimum Gasteiger partial charge on any atom is -0.367 e. The summed E-state index contributed by atoms with van der Waals surface area (Å²) in [7, 11) is 0. The minimum atomic E-state index is -1.75. The number of nitro groups is 1. The minimum absolute atomic E-state index is 0.340. The normalized spacial score (nSPS) is 14.2. The molecule has 0 aliphatic heterocycles. The summed E-state index contributed by atoms with van der Waals surface area (Å²) in [5, 5.41) is 10.2. The highest BCUT2D eigenvalue weighted by Gasteiger charge is 2.37. The van der Waals surface area contributed by atoms with E-state index in [1.165, 1.54) is 0 Å². The van der Waals surface area contributed by atoms with Crippen molar-refractivity contribution in [3.05, 3.63) is 10.1 Å². The number of rotatable bonds is 5. The number of hydrogen-bond donors (Lipinski definition) is 0. The van der Waals surface area contributed by atoms with E-state index in [-0.39, 0.29) is 0 Å². The summed E-state index contributed by atoms with van der Waals surface area (Å²) in [6.07, 6.45) is -0.276. The molecule has 0 spiro atoms. The van der Waals surface area contributed by atoms with Crippen LogP contribution in [0.5, 0.6) is 0 Å².